The highest BCUT2D eigenvalue weighted by Gasteiger charge is 2.23. The van der Waals surface area contributed by atoms with Crippen molar-refractivity contribution in [2.45, 2.75) is 33.2 Å². The second-order valence-electron chi connectivity index (χ2n) is 4.45. The molecule has 1 fully saturated rings. The van der Waals surface area contributed by atoms with E-state index >= 15 is 0 Å². The van der Waals surface area contributed by atoms with E-state index in [-0.39, 0.29) is 0 Å². The number of likely N-dealkylation sites (N-methyl/N-ethyl adjacent to an activating group) is 1. The monoisotopic (exact) mass is 193 g/mol. The van der Waals surface area contributed by atoms with E-state index in [9.17, 15) is 0 Å². The fraction of sp³-hybridized carbons (Fsp3) is 0.727. The van der Waals surface area contributed by atoms with Gasteiger partial charge in [0.2, 0.25) is 0 Å². The van der Waals surface area contributed by atoms with Crippen LogP contribution in [-0.4, -0.2) is 34.8 Å². The first-order chi connectivity index (χ1) is 6.59. The van der Waals surface area contributed by atoms with E-state index in [4.69, 9.17) is 0 Å². The molecule has 2 rings (SSSR count). The zero-order valence-corrected chi connectivity index (χ0v) is 9.54. The number of likely N-dealkylation sites (tertiary alicyclic amines) is 1. The fourth-order valence-electron chi connectivity index (χ4n) is 2.21. The van der Waals surface area contributed by atoms with Crippen molar-refractivity contribution in [1.29, 1.82) is 0 Å². The van der Waals surface area contributed by atoms with Crippen molar-refractivity contribution in [2.24, 2.45) is 0 Å². The minimum atomic E-state index is 0.590. The van der Waals surface area contributed by atoms with Crippen molar-refractivity contribution < 1.29 is 0 Å². The van der Waals surface area contributed by atoms with Crippen molar-refractivity contribution in [2.75, 3.05) is 20.1 Å². The Morgan fingerprint density at radius 2 is 2.00 bits per heavy atom. The van der Waals surface area contributed by atoms with Crippen LogP contribution in [0.25, 0.3) is 0 Å². The molecule has 1 aliphatic heterocycles. The molecular formula is C11H19N3. The van der Waals surface area contributed by atoms with Crippen molar-refractivity contribution in [3.05, 3.63) is 17.0 Å². The second kappa shape index (κ2) is 3.39. The summed E-state index contributed by atoms with van der Waals surface area (Å²) in [6.07, 6.45) is 1.23. The van der Waals surface area contributed by atoms with E-state index in [2.05, 4.69) is 42.5 Å². The van der Waals surface area contributed by atoms with Crippen molar-refractivity contribution in [3.8, 4) is 0 Å². The highest BCUT2D eigenvalue weighted by Crippen LogP contribution is 2.23. The van der Waals surface area contributed by atoms with Gasteiger partial charge in [-0.2, -0.15) is 5.10 Å². The number of hydrogen-bond acceptors (Lipinski definition) is 2. The normalized spacial score (nSPS) is 23.3. The molecule has 0 bridgehead atoms. The summed E-state index contributed by atoms with van der Waals surface area (Å²) in [5, 5.41) is 4.62. The number of aromatic nitrogens is 2. The quantitative estimate of drug-likeness (QED) is 0.676. The Hall–Kier alpha value is -0.830. The Morgan fingerprint density at radius 3 is 2.43 bits per heavy atom. The molecule has 1 aromatic heterocycles. The van der Waals surface area contributed by atoms with E-state index in [0.29, 0.717) is 6.04 Å². The maximum Gasteiger partial charge on any atom is 0.0661 e. The number of hydrogen-bond donors (Lipinski definition) is 0. The Bertz CT molecular complexity index is 341. The van der Waals surface area contributed by atoms with Gasteiger partial charge in [0.1, 0.15) is 0 Å². The minimum absolute atomic E-state index is 0.590. The molecule has 1 aliphatic rings. The predicted octanol–water partition coefficient (Wildman–Crippen LogP) is 1.68. The van der Waals surface area contributed by atoms with Crippen LogP contribution in [0.5, 0.6) is 0 Å². The third-order valence-electron chi connectivity index (χ3n) is 3.40. The molecule has 0 radical (unpaired) electrons. The number of nitrogens with zero attached hydrogens (tertiary/aromatic N) is 3. The van der Waals surface area contributed by atoms with Crippen LogP contribution in [0.15, 0.2) is 0 Å². The van der Waals surface area contributed by atoms with Crippen LogP contribution < -0.4 is 0 Å². The van der Waals surface area contributed by atoms with Crippen LogP contribution in [0.2, 0.25) is 0 Å². The van der Waals surface area contributed by atoms with Gasteiger partial charge in [0.15, 0.2) is 0 Å². The van der Waals surface area contributed by atoms with E-state index in [0.717, 1.165) is 6.54 Å². The first kappa shape index (κ1) is 9.71. The summed E-state index contributed by atoms with van der Waals surface area (Å²) >= 11 is 0. The zero-order chi connectivity index (χ0) is 10.3. The lowest BCUT2D eigenvalue weighted by atomic mass is 10.2. The van der Waals surface area contributed by atoms with Crippen molar-refractivity contribution in [1.82, 2.24) is 14.7 Å². The average Bonchev–Trinajstić information content (AvgIpc) is 2.66. The summed E-state index contributed by atoms with van der Waals surface area (Å²) in [4.78, 5) is 2.37. The van der Waals surface area contributed by atoms with Gasteiger partial charge in [-0.25, -0.2) is 0 Å². The van der Waals surface area contributed by atoms with Gasteiger partial charge >= 0.3 is 0 Å². The highest BCUT2D eigenvalue weighted by atomic mass is 15.3. The van der Waals surface area contributed by atoms with Crippen LogP contribution in [0.4, 0.5) is 0 Å². The lowest BCUT2D eigenvalue weighted by molar-refractivity contribution is 0.379. The molecule has 0 amide bonds. The summed E-state index contributed by atoms with van der Waals surface area (Å²) in [5.74, 6) is 0. The van der Waals surface area contributed by atoms with Crippen LogP contribution in [0.1, 0.15) is 29.4 Å². The third kappa shape index (κ3) is 1.46. The van der Waals surface area contributed by atoms with Gasteiger partial charge in [0.25, 0.3) is 0 Å². The molecular weight excluding hydrogens is 174 g/mol. The van der Waals surface area contributed by atoms with Gasteiger partial charge in [-0.3, -0.25) is 4.68 Å². The molecule has 0 aromatic carbocycles. The zero-order valence-electron chi connectivity index (χ0n) is 9.54. The summed E-state index contributed by atoms with van der Waals surface area (Å²) in [5.41, 5.74) is 3.86. The Balaban J connectivity index is 2.28. The standard InChI is InChI=1S/C11H19N3/c1-8-9(2)12-14(10(8)3)11-5-6-13(4)7-11/h11H,5-7H2,1-4H3. The molecule has 3 heteroatoms. The van der Waals surface area contributed by atoms with E-state index in [1.807, 2.05) is 0 Å². The first-order valence-corrected chi connectivity index (χ1v) is 5.30. The molecule has 14 heavy (non-hydrogen) atoms. The number of rotatable bonds is 1. The molecule has 0 aliphatic carbocycles. The Morgan fingerprint density at radius 1 is 1.29 bits per heavy atom. The van der Waals surface area contributed by atoms with E-state index in [1.54, 1.807) is 0 Å². The summed E-state index contributed by atoms with van der Waals surface area (Å²) in [7, 11) is 2.18. The molecule has 1 saturated heterocycles. The molecule has 78 valence electrons. The highest BCUT2D eigenvalue weighted by molar-refractivity contribution is 5.22. The largest absolute Gasteiger partial charge is 0.304 e. The van der Waals surface area contributed by atoms with E-state index in [1.165, 1.54) is 29.9 Å². The summed E-state index contributed by atoms with van der Waals surface area (Å²) < 4.78 is 2.22. The SMILES string of the molecule is Cc1nn(C2CCN(C)C2)c(C)c1C. The Kier molecular flexibility index (Phi) is 2.35. The topological polar surface area (TPSA) is 21.1 Å². The maximum absolute atomic E-state index is 4.62. The fourth-order valence-corrected chi connectivity index (χ4v) is 2.21. The summed E-state index contributed by atoms with van der Waals surface area (Å²) in [6, 6.07) is 0.590. The van der Waals surface area contributed by atoms with Crippen LogP contribution >= 0.6 is 0 Å². The van der Waals surface area contributed by atoms with Gasteiger partial charge in [-0.1, -0.05) is 0 Å². The van der Waals surface area contributed by atoms with Gasteiger partial charge in [0.05, 0.1) is 11.7 Å². The van der Waals surface area contributed by atoms with Gasteiger partial charge < -0.3 is 4.90 Å². The maximum atomic E-state index is 4.62. The van der Waals surface area contributed by atoms with Crippen molar-refractivity contribution >= 4 is 0 Å². The summed E-state index contributed by atoms with van der Waals surface area (Å²) in [6.45, 7) is 8.77. The molecule has 0 saturated carbocycles. The van der Waals surface area contributed by atoms with Gasteiger partial charge in [-0.05, 0) is 46.3 Å². The lowest BCUT2D eigenvalue weighted by Gasteiger charge is -2.13. The lowest BCUT2D eigenvalue weighted by Crippen LogP contribution is -2.18. The predicted molar refractivity (Wildman–Crippen MR) is 57.6 cm³/mol. The molecule has 2 heterocycles. The van der Waals surface area contributed by atoms with Gasteiger partial charge in [0, 0.05) is 12.2 Å². The van der Waals surface area contributed by atoms with Crippen LogP contribution in [0, 0.1) is 20.8 Å². The first-order valence-electron chi connectivity index (χ1n) is 5.30. The molecule has 0 spiro atoms. The van der Waals surface area contributed by atoms with E-state index < -0.39 is 0 Å². The van der Waals surface area contributed by atoms with Gasteiger partial charge in [-0.15, -0.1) is 0 Å². The van der Waals surface area contributed by atoms with Crippen LogP contribution in [-0.2, 0) is 0 Å². The smallest absolute Gasteiger partial charge is 0.0661 e. The Labute approximate surface area is 85.7 Å². The third-order valence-corrected chi connectivity index (χ3v) is 3.40. The second-order valence-corrected chi connectivity index (χ2v) is 4.45. The average molecular weight is 193 g/mol. The van der Waals surface area contributed by atoms with Crippen LogP contribution in [0.3, 0.4) is 0 Å². The molecule has 0 N–H and O–H groups in total. The molecule has 1 atom stereocenters. The minimum Gasteiger partial charge on any atom is -0.304 e. The molecule has 1 aromatic rings. The molecule has 1 unspecified atom stereocenters. The number of aryl methyl sites for hydroxylation is 1. The molecule has 3 nitrogen and oxygen atoms in total. The van der Waals surface area contributed by atoms with Crippen molar-refractivity contribution in [3.63, 3.8) is 0 Å².